The van der Waals surface area contributed by atoms with Crippen LogP contribution in [-0.4, -0.2) is 21.8 Å². The van der Waals surface area contributed by atoms with Crippen molar-refractivity contribution in [3.8, 4) is 11.5 Å². The quantitative estimate of drug-likeness (QED) is 0.699. The molecule has 0 unspecified atom stereocenters. The van der Waals surface area contributed by atoms with Crippen LogP contribution in [0.5, 0.6) is 0 Å². The number of thioether (sulfide) groups is 1. The number of aromatic nitrogens is 2. The van der Waals surface area contributed by atoms with Crippen LogP contribution < -0.4 is 5.32 Å². The van der Waals surface area contributed by atoms with Gasteiger partial charge < -0.3 is 9.84 Å². The normalized spacial score (nSPS) is 15.5. The highest BCUT2D eigenvalue weighted by Gasteiger charge is 2.23. The Balaban J connectivity index is 1.27. The topological polar surface area (TPSA) is 68.0 Å². The molecule has 1 heterocycles. The summed E-state index contributed by atoms with van der Waals surface area (Å²) in [5.74, 6) is 2.09. The highest BCUT2D eigenvalue weighted by molar-refractivity contribution is 7.99. The van der Waals surface area contributed by atoms with Crippen LogP contribution in [0.1, 0.15) is 35.0 Å². The first-order chi connectivity index (χ1) is 13.2. The maximum Gasteiger partial charge on any atom is 0.257 e. The van der Waals surface area contributed by atoms with Crippen molar-refractivity contribution < 1.29 is 9.32 Å². The Hall–Kier alpha value is -2.60. The maximum atomic E-state index is 12.3. The molecule has 5 nitrogen and oxygen atoms in total. The fourth-order valence-electron chi connectivity index (χ4n) is 3.30. The molecule has 0 radical (unpaired) electrons. The number of rotatable bonds is 6. The van der Waals surface area contributed by atoms with Gasteiger partial charge in [-0.05, 0) is 43.0 Å². The summed E-state index contributed by atoms with van der Waals surface area (Å²) in [7, 11) is 0. The Labute approximate surface area is 162 Å². The van der Waals surface area contributed by atoms with E-state index in [-0.39, 0.29) is 11.9 Å². The smallest absolute Gasteiger partial charge is 0.257 e. The average Bonchev–Trinajstić information content (AvgIpc) is 3.30. The Morgan fingerprint density at radius 3 is 2.89 bits per heavy atom. The van der Waals surface area contributed by atoms with Crippen LogP contribution in [0.3, 0.4) is 0 Å². The third-order valence-corrected chi connectivity index (χ3v) is 5.63. The number of benzene rings is 2. The molecule has 4 rings (SSSR count). The molecule has 0 saturated heterocycles. The van der Waals surface area contributed by atoms with E-state index in [0.29, 0.717) is 23.2 Å². The molecular formula is C21H21N3O2S. The first-order valence-corrected chi connectivity index (χ1v) is 10.2. The zero-order chi connectivity index (χ0) is 18.6. The van der Waals surface area contributed by atoms with Crippen LogP contribution in [0, 0.1) is 6.92 Å². The third-order valence-electron chi connectivity index (χ3n) is 4.70. The van der Waals surface area contributed by atoms with Crippen molar-refractivity contribution in [2.75, 3.05) is 5.75 Å². The lowest BCUT2D eigenvalue weighted by atomic mass is 10.1. The van der Waals surface area contributed by atoms with Gasteiger partial charge in [-0.1, -0.05) is 47.1 Å². The van der Waals surface area contributed by atoms with Crippen LogP contribution in [0.4, 0.5) is 0 Å². The molecule has 0 spiro atoms. The maximum absolute atomic E-state index is 12.3. The second-order valence-electron chi connectivity index (χ2n) is 6.73. The van der Waals surface area contributed by atoms with Crippen molar-refractivity contribution in [1.82, 2.24) is 15.5 Å². The van der Waals surface area contributed by atoms with Gasteiger partial charge in [-0.2, -0.15) is 4.98 Å². The lowest BCUT2D eigenvalue weighted by molar-refractivity contribution is -0.119. The Morgan fingerprint density at radius 1 is 1.22 bits per heavy atom. The summed E-state index contributed by atoms with van der Waals surface area (Å²) in [5, 5.41) is 7.14. The number of nitrogens with one attached hydrogen (secondary N) is 1. The Kier molecular flexibility index (Phi) is 5.25. The summed E-state index contributed by atoms with van der Waals surface area (Å²) in [6, 6.07) is 16.4. The number of hydrogen-bond acceptors (Lipinski definition) is 5. The molecule has 0 fully saturated rings. The fraction of sp³-hybridized carbons (Fsp3) is 0.286. The van der Waals surface area contributed by atoms with Gasteiger partial charge in [0.2, 0.25) is 5.91 Å². The van der Waals surface area contributed by atoms with Gasteiger partial charge in [0.25, 0.3) is 5.89 Å². The number of amides is 1. The Bertz CT molecular complexity index is 937. The lowest BCUT2D eigenvalue weighted by Gasteiger charge is -2.13. The van der Waals surface area contributed by atoms with E-state index in [1.54, 1.807) is 0 Å². The van der Waals surface area contributed by atoms with Crippen LogP contribution in [0.15, 0.2) is 53.1 Å². The monoisotopic (exact) mass is 379 g/mol. The van der Waals surface area contributed by atoms with Crippen LogP contribution in [0.2, 0.25) is 0 Å². The van der Waals surface area contributed by atoms with E-state index in [0.717, 1.165) is 18.4 Å². The van der Waals surface area contributed by atoms with E-state index in [1.807, 2.05) is 37.3 Å². The van der Waals surface area contributed by atoms with Crippen LogP contribution >= 0.6 is 11.8 Å². The van der Waals surface area contributed by atoms with E-state index >= 15 is 0 Å². The van der Waals surface area contributed by atoms with Gasteiger partial charge in [0, 0.05) is 5.56 Å². The summed E-state index contributed by atoms with van der Waals surface area (Å²) < 4.78 is 5.32. The summed E-state index contributed by atoms with van der Waals surface area (Å²) in [5.41, 5.74) is 4.68. The van der Waals surface area contributed by atoms with Gasteiger partial charge in [-0.15, -0.1) is 11.8 Å². The second-order valence-corrected chi connectivity index (χ2v) is 7.72. The highest BCUT2D eigenvalue weighted by atomic mass is 32.2. The predicted octanol–water partition coefficient (Wildman–Crippen LogP) is 4.08. The minimum absolute atomic E-state index is 0.0453. The first-order valence-electron chi connectivity index (χ1n) is 9.03. The van der Waals surface area contributed by atoms with Crippen molar-refractivity contribution in [2.45, 2.75) is 31.6 Å². The summed E-state index contributed by atoms with van der Waals surface area (Å²) >= 11 is 1.49. The van der Waals surface area contributed by atoms with E-state index < -0.39 is 0 Å². The average molecular weight is 379 g/mol. The SMILES string of the molecule is Cc1ccc(-c2nc(CSCC(=O)N[C@@H]3CCc4ccccc43)no2)cc1. The molecular weight excluding hydrogens is 358 g/mol. The summed E-state index contributed by atoms with van der Waals surface area (Å²) in [6.07, 6.45) is 2.00. The molecule has 1 N–H and O–H groups in total. The molecule has 1 aromatic heterocycles. The minimum Gasteiger partial charge on any atom is -0.349 e. The highest BCUT2D eigenvalue weighted by Crippen LogP contribution is 2.30. The molecule has 6 heteroatoms. The van der Waals surface area contributed by atoms with Gasteiger partial charge in [0.05, 0.1) is 17.5 Å². The molecule has 1 aliphatic carbocycles. The van der Waals surface area contributed by atoms with Crippen molar-refractivity contribution >= 4 is 17.7 Å². The van der Waals surface area contributed by atoms with E-state index in [4.69, 9.17) is 4.52 Å². The number of fused-ring (bicyclic) bond motifs is 1. The van der Waals surface area contributed by atoms with E-state index in [1.165, 1.54) is 28.5 Å². The third kappa shape index (κ3) is 4.22. The molecule has 3 aromatic rings. The standard InChI is InChI=1S/C21H21N3O2S/c1-14-6-8-16(9-7-14)21-23-19(24-26-21)12-27-13-20(25)22-18-11-10-15-4-2-3-5-17(15)18/h2-9,18H,10-13H2,1H3,(H,22,25)/t18-/m1/s1. The molecule has 27 heavy (non-hydrogen) atoms. The van der Waals surface area contributed by atoms with Crippen molar-refractivity contribution in [3.05, 3.63) is 71.0 Å². The molecule has 0 bridgehead atoms. The van der Waals surface area contributed by atoms with E-state index in [2.05, 4.69) is 33.7 Å². The molecule has 1 amide bonds. The van der Waals surface area contributed by atoms with Crippen molar-refractivity contribution in [2.24, 2.45) is 0 Å². The number of nitrogens with zero attached hydrogens (tertiary/aromatic N) is 2. The minimum atomic E-state index is 0.0453. The number of hydrogen-bond donors (Lipinski definition) is 1. The summed E-state index contributed by atoms with van der Waals surface area (Å²) in [4.78, 5) is 16.7. The van der Waals surface area contributed by atoms with Gasteiger partial charge in [0.1, 0.15) is 0 Å². The van der Waals surface area contributed by atoms with Crippen molar-refractivity contribution in [1.29, 1.82) is 0 Å². The molecule has 1 atom stereocenters. The Morgan fingerprint density at radius 2 is 2.04 bits per heavy atom. The number of aryl methyl sites for hydroxylation is 2. The van der Waals surface area contributed by atoms with Gasteiger partial charge in [0.15, 0.2) is 5.82 Å². The zero-order valence-corrected chi connectivity index (χ0v) is 16.0. The first kappa shape index (κ1) is 17.8. The summed E-state index contributed by atoms with van der Waals surface area (Å²) in [6.45, 7) is 2.04. The van der Waals surface area contributed by atoms with Gasteiger partial charge in [-0.3, -0.25) is 4.79 Å². The van der Waals surface area contributed by atoms with Gasteiger partial charge >= 0.3 is 0 Å². The van der Waals surface area contributed by atoms with Gasteiger partial charge in [-0.25, -0.2) is 0 Å². The predicted molar refractivity (Wildman–Crippen MR) is 106 cm³/mol. The number of carbonyl (C=O) groups is 1. The fourth-order valence-corrected chi connectivity index (χ4v) is 3.97. The second kappa shape index (κ2) is 7.96. The lowest BCUT2D eigenvalue weighted by Crippen LogP contribution is -2.28. The molecule has 138 valence electrons. The molecule has 0 saturated carbocycles. The molecule has 1 aliphatic rings. The largest absolute Gasteiger partial charge is 0.349 e. The van der Waals surface area contributed by atoms with Crippen molar-refractivity contribution in [3.63, 3.8) is 0 Å². The van der Waals surface area contributed by atoms with Crippen LogP contribution in [0.25, 0.3) is 11.5 Å². The number of carbonyl (C=O) groups excluding carboxylic acids is 1. The van der Waals surface area contributed by atoms with E-state index in [9.17, 15) is 4.79 Å². The molecule has 0 aliphatic heterocycles. The zero-order valence-electron chi connectivity index (χ0n) is 15.1. The molecule has 2 aromatic carbocycles. The van der Waals surface area contributed by atoms with Crippen LogP contribution in [-0.2, 0) is 17.0 Å².